The van der Waals surface area contributed by atoms with Gasteiger partial charge in [-0.2, -0.15) is 0 Å². The quantitative estimate of drug-likeness (QED) is 0.677. The molecule has 0 aromatic heterocycles. The summed E-state index contributed by atoms with van der Waals surface area (Å²) in [7, 11) is 0. The van der Waals surface area contributed by atoms with Gasteiger partial charge in [0.25, 0.3) is 0 Å². The fourth-order valence-corrected chi connectivity index (χ4v) is 2.17. The first-order valence-corrected chi connectivity index (χ1v) is 5.71. The van der Waals surface area contributed by atoms with Crippen molar-refractivity contribution in [2.45, 2.75) is 12.5 Å². The van der Waals surface area contributed by atoms with Gasteiger partial charge in [-0.25, -0.2) is 0 Å². The molecule has 82 valence electrons. The largest absolute Gasteiger partial charge is 0.388 e. The van der Waals surface area contributed by atoms with E-state index < -0.39 is 6.10 Å². The molecule has 0 spiro atoms. The Hall–Kier alpha value is -2.04. The third kappa shape index (κ3) is 1.84. The van der Waals surface area contributed by atoms with E-state index in [1.54, 1.807) is 0 Å². The smallest absolute Gasteiger partial charge is 0.0842 e. The van der Waals surface area contributed by atoms with Crippen molar-refractivity contribution in [3.05, 3.63) is 70.8 Å². The van der Waals surface area contributed by atoms with Crippen LogP contribution in [0.15, 0.2) is 48.5 Å². The van der Waals surface area contributed by atoms with Crippen LogP contribution >= 0.6 is 0 Å². The molecule has 17 heavy (non-hydrogen) atoms. The molecule has 1 aliphatic rings. The Labute approximate surface area is 101 Å². The zero-order chi connectivity index (χ0) is 11.7. The van der Waals surface area contributed by atoms with Crippen LogP contribution in [0.2, 0.25) is 0 Å². The van der Waals surface area contributed by atoms with E-state index in [1.807, 2.05) is 48.5 Å². The molecule has 2 aromatic carbocycles. The second kappa shape index (κ2) is 4.08. The fraction of sp³-hybridized carbons (Fsp3) is 0.125. The zero-order valence-corrected chi connectivity index (χ0v) is 9.35. The van der Waals surface area contributed by atoms with Crippen molar-refractivity contribution in [2.75, 3.05) is 0 Å². The summed E-state index contributed by atoms with van der Waals surface area (Å²) in [6.07, 6.45) is 0.156. The molecular weight excluding hydrogens is 208 g/mol. The van der Waals surface area contributed by atoms with Crippen molar-refractivity contribution in [3.8, 4) is 11.8 Å². The van der Waals surface area contributed by atoms with Crippen LogP contribution in [0.5, 0.6) is 0 Å². The van der Waals surface area contributed by atoms with Crippen LogP contribution in [-0.2, 0) is 6.42 Å². The third-order valence-electron chi connectivity index (χ3n) is 3.08. The van der Waals surface area contributed by atoms with Crippen molar-refractivity contribution in [2.24, 2.45) is 0 Å². The Balaban J connectivity index is 2.20. The van der Waals surface area contributed by atoms with Gasteiger partial charge in [-0.1, -0.05) is 48.2 Å². The minimum atomic E-state index is -0.470. The molecule has 1 heteroatoms. The first-order chi connectivity index (χ1) is 8.34. The number of aliphatic hydroxyl groups is 1. The van der Waals surface area contributed by atoms with Crippen LogP contribution in [0, 0.1) is 11.8 Å². The zero-order valence-electron chi connectivity index (χ0n) is 9.35. The third-order valence-corrected chi connectivity index (χ3v) is 3.08. The summed E-state index contributed by atoms with van der Waals surface area (Å²) in [5.74, 6) is 6.32. The van der Waals surface area contributed by atoms with Crippen LogP contribution in [0.3, 0.4) is 0 Å². The number of rotatable bonds is 0. The molecule has 1 N–H and O–H groups in total. The van der Waals surface area contributed by atoms with Gasteiger partial charge in [-0.3, -0.25) is 0 Å². The maximum Gasteiger partial charge on any atom is 0.0842 e. The molecule has 0 heterocycles. The predicted molar refractivity (Wildman–Crippen MR) is 67.5 cm³/mol. The first-order valence-electron chi connectivity index (χ1n) is 5.71. The van der Waals surface area contributed by atoms with Crippen LogP contribution in [0.1, 0.15) is 28.4 Å². The first kappa shape index (κ1) is 10.1. The average Bonchev–Trinajstić information content (AvgIpc) is 2.36. The lowest BCUT2D eigenvalue weighted by Crippen LogP contribution is -2.07. The van der Waals surface area contributed by atoms with E-state index in [2.05, 4.69) is 11.8 Å². The van der Waals surface area contributed by atoms with Gasteiger partial charge in [0.15, 0.2) is 0 Å². The molecule has 1 aliphatic carbocycles. The molecule has 3 rings (SSSR count). The molecule has 0 saturated heterocycles. The van der Waals surface area contributed by atoms with Gasteiger partial charge in [-0.15, -0.1) is 0 Å². The summed E-state index contributed by atoms with van der Waals surface area (Å²) < 4.78 is 0. The number of benzene rings is 2. The Kier molecular flexibility index (Phi) is 2.44. The van der Waals surface area contributed by atoms with Gasteiger partial charge in [0, 0.05) is 17.5 Å². The summed E-state index contributed by atoms with van der Waals surface area (Å²) in [6.45, 7) is 0. The number of hydrogen-bond donors (Lipinski definition) is 1. The highest BCUT2D eigenvalue weighted by atomic mass is 16.3. The summed E-state index contributed by atoms with van der Waals surface area (Å²) in [5.41, 5.74) is 3.98. The van der Waals surface area contributed by atoms with E-state index in [0.29, 0.717) is 6.42 Å². The van der Waals surface area contributed by atoms with E-state index >= 15 is 0 Å². The molecule has 0 bridgehead atoms. The van der Waals surface area contributed by atoms with E-state index in [9.17, 15) is 5.11 Å². The average molecular weight is 220 g/mol. The Bertz CT molecular complexity index is 617. The second-order valence-electron chi connectivity index (χ2n) is 4.21. The minimum absolute atomic E-state index is 0.470. The molecule has 0 aliphatic heterocycles. The van der Waals surface area contributed by atoms with E-state index in [4.69, 9.17) is 0 Å². The van der Waals surface area contributed by atoms with Crippen molar-refractivity contribution in [3.63, 3.8) is 0 Å². The lowest BCUT2D eigenvalue weighted by molar-refractivity contribution is 0.178. The Morgan fingerprint density at radius 3 is 2.41 bits per heavy atom. The van der Waals surface area contributed by atoms with E-state index in [-0.39, 0.29) is 0 Å². The maximum absolute atomic E-state index is 10.2. The van der Waals surface area contributed by atoms with Gasteiger partial charge in [0.05, 0.1) is 6.10 Å². The van der Waals surface area contributed by atoms with Gasteiger partial charge in [0.2, 0.25) is 0 Å². The van der Waals surface area contributed by atoms with Crippen LogP contribution in [-0.4, -0.2) is 5.11 Å². The summed E-state index contributed by atoms with van der Waals surface area (Å²) in [4.78, 5) is 0. The summed E-state index contributed by atoms with van der Waals surface area (Å²) >= 11 is 0. The minimum Gasteiger partial charge on any atom is -0.388 e. The Morgan fingerprint density at radius 2 is 1.53 bits per heavy atom. The number of fused-ring (bicyclic) bond motifs is 2. The molecular formula is C16H12O. The van der Waals surface area contributed by atoms with Crippen LogP contribution in [0.4, 0.5) is 0 Å². The van der Waals surface area contributed by atoms with Crippen molar-refractivity contribution in [1.82, 2.24) is 0 Å². The monoisotopic (exact) mass is 220 g/mol. The highest BCUT2D eigenvalue weighted by molar-refractivity contribution is 5.51. The maximum atomic E-state index is 10.2. The highest BCUT2D eigenvalue weighted by Gasteiger charge is 2.15. The molecule has 0 amide bonds. The predicted octanol–water partition coefficient (Wildman–Crippen LogP) is 2.68. The molecule has 2 aromatic rings. The number of aliphatic hydroxyl groups excluding tert-OH is 1. The van der Waals surface area contributed by atoms with Gasteiger partial charge < -0.3 is 5.11 Å². The van der Waals surface area contributed by atoms with Crippen LogP contribution < -0.4 is 0 Å². The molecule has 0 unspecified atom stereocenters. The van der Waals surface area contributed by atoms with Crippen molar-refractivity contribution in [1.29, 1.82) is 0 Å². The van der Waals surface area contributed by atoms with E-state index in [1.165, 1.54) is 0 Å². The highest BCUT2D eigenvalue weighted by Crippen LogP contribution is 2.24. The standard InChI is InChI=1S/C16H12O/c17-16-11-14-7-2-1-5-12(14)9-10-13-6-3-4-8-15(13)16/h1-8,16-17H,11H2/t16-/m1/s1. The molecule has 0 fully saturated rings. The molecule has 0 radical (unpaired) electrons. The van der Waals surface area contributed by atoms with Gasteiger partial charge in [0.1, 0.15) is 0 Å². The molecule has 0 saturated carbocycles. The van der Waals surface area contributed by atoms with E-state index in [0.717, 1.165) is 22.3 Å². The lowest BCUT2D eigenvalue weighted by Gasteiger charge is -2.16. The summed E-state index contributed by atoms with van der Waals surface area (Å²) in [5, 5.41) is 10.2. The normalized spacial score (nSPS) is 16.9. The van der Waals surface area contributed by atoms with Crippen molar-refractivity contribution >= 4 is 0 Å². The van der Waals surface area contributed by atoms with Crippen molar-refractivity contribution < 1.29 is 5.11 Å². The molecule has 1 nitrogen and oxygen atoms in total. The second-order valence-corrected chi connectivity index (χ2v) is 4.21. The van der Waals surface area contributed by atoms with Gasteiger partial charge >= 0.3 is 0 Å². The topological polar surface area (TPSA) is 20.2 Å². The fourth-order valence-electron chi connectivity index (χ4n) is 2.17. The van der Waals surface area contributed by atoms with Gasteiger partial charge in [-0.05, 0) is 23.3 Å². The lowest BCUT2D eigenvalue weighted by atomic mass is 9.92. The SMILES string of the molecule is O[C@@H]1Cc2ccccc2C#Cc2ccccc21. The Morgan fingerprint density at radius 1 is 0.882 bits per heavy atom. The van der Waals surface area contributed by atoms with Crippen LogP contribution in [0.25, 0.3) is 0 Å². The summed E-state index contributed by atoms with van der Waals surface area (Å²) in [6, 6.07) is 15.8. The number of hydrogen-bond acceptors (Lipinski definition) is 1. The molecule has 1 atom stereocenters.